The van der Waals surface area contributed by atoms with E-state index in [1.54, 1.807) is 12.1 Å². The molecule has 0 aromatic heterocycles. The van der Waals surface area contributed by atoms with Gasteiger partial charge in [0.1, 0.15) is 0 Å². The zero-order valence-corrected chi connectivity index (χ0v) is 11.4. The fourth-order valence-corrected chi connectivity index (χ4v) is 1.45. The summed E-state index contributed by atoms with van der Waals surface area (Å²) >= 11 is 0. The van der Waals surface area contributed by atoms with Crippen LogP contribution in [0.15, 0.2) is 24.5 Å². The first-order chi connectivity index (χ1) is 9.43. The number of nitrogens with one attached hydrogen (secondary N) is 1. The summed E-state index contributed by atoms with van der Waals surface area (Å²) in [6.07, 6.45) is 2.72. The standard InChI is InChI=1S/C14H15NO5/c1-9(16)15-13-8-12(14(18)19-3)5-4-11(13)6-7-20-10(2)17/h4-8H,1-3H3,(H,15,16)/b7-6-. The van der Waals surface area contributed by atoms with E-state index in [1.165, 1.54) is 39.4 Å². The Kier molecular flexibility index (Phi) is 5.46. The van der Waals surface area contributed by atoms with Crippen LogP contribution in [-0.4, -0.2) is 25.0 Å². The molecule has 106 valence electrons. The number of ether oxygens (including phenoxy) is 2. The highest BCUT2D eigenvalue weighted by Crippen LogP contribution is 2.20. The fraction of sp³-hybridized carbons (Fsp3) is 0.214. The number of benzene rings is 1. The summed E-state index contributed by atoms with van der Waals surface area (Å²) in [5, 5.41) is 2.59. The second-order valence-corrected chi connectivity index (χ2v) is 3.89. The normalized spacial score (nSPS) is 10.2. The monoisotopic (exact) mass is 277 g/mol. The number of amides is 1. The second-order valence-electron chi connectivity index (χ2n) is 3.89. The van der Waals surface area contributed by atoms with Crippen molar-refractivity contribution in [2.24, 2.45) is 0 Å². The van der Waals surface area contributed by atoms with Gasteiger partial charge in [-0.3, -0.25) is 9.59 Å². The number of carbonyl (C=O) groups is 3. The molecule has 1 N–H and O–H groups in total. The maximum absolute atomic E-state index is 11.4. The lowest BCUT2D eigenvalue weighted by molar-refractivity contribution is -0.135. The predicted octanol–water partition coefficient (Wildman–Crippen LogP) is 1.97. The quantitative estimate of drug-likeness (QED) is 0.672. The zero-order valence-electron chi connectivity index (χ0n) is 11.4. The Morgan fingerprint density at radius 1 is 1.20 bits per heavy atom. The summed E-state index contributed by atoms with van der Waals surface area (Å²) in [4.78, 5) is 33.3. The van der Waals surface area contributed by atoms with E-state index in [4.69, 9.17) is 0 Å². The van der Waals surface area contributed by atoms with Gasteiger partial charge in [0.15, 0.2) is 0 Å². The highest BCUT2D eigenvalue weighted by molar-refractivity contribution is 5.95. The molecule has 0 aliphatic carbocycles. The number of methoxy groups -OCH3 is 1. The van der Waals surface area contributed by atoms with Gasteiger partial charge < -0.3 is 14.8 Å². The van der Waals surface area contributed by atoms with E-state index >= 15 is 0 Å². The van der Waals surface area contributed by atoms with E-state index in [0.717, 1.165) is 0 Å². The van der Waals surface area contributed by atoms with E-state index in [1.807, 2.05) is 0 Å². The highest BCUT2D eigenvalue weighted by Gasteiger charge is 2.09. The minimum Gasteiger partial charge on any atom is -0.465 e. The molecule has 1 aromatic rings. The number of carbonyl (C=O) groups excluding carboxylic acids is 3. The summed E-state index contributed by atoms with van der Waals surface area (Å²) < 4.78 is 9.29. The number of esters is 2. The largest absolute Gasteiger partial charge is 0.465 e. The van der Waals surface area contributed by atoms with Gasteiger partial charge in [-0.15, -0.1) is 0 Å². The van der Waals surface area contributed by atoms with Crippen LogP contribution in [0, 0.1) is 0 Å². The Labute approximate surface area is 116 Å². The third kappa shape index (κ3) is 4.56. The van der Waals surface area contributed by atoms with E-state index in [-0.39, 0.29) is 5.91 Å². The molecule has 6 nitrogen and oxygen atoms in total. The molecule has 0 spiro atoms. The number of rotatable bonds is 4. The van der Waals surface area contributed by atoms with E-state index in [9.17, 15) is 14.4 Å². The molecular weight excluding hydrogens is 262 g/mol. The van der Waals surface area contributed by atoms with Gasteiger partial charge in [0.25, 0.3) is 0 Å². The van der Waals surface area contributed by atoms with Crippen molar-refractivity contribution >= 4 is 29.6 Å². The molecule has 0 radical (unpaired) electrons. The first kappa shape index (κ1) is 15.4. The average molecular weight is 277 g/mol. The summed E-state index contributed by atoms with van der Waals surface area (Å²) in [6.45, 7) is 2.63. The minimum absolute atomic E-state index is 0.283. The van der Waals surface area contributed by atoms with Crippen molar-refractivity contribution in [3.05, 3.63) is 35.6 Å². The van der Waals surface area contributed by atoms with Gasteiger partial charge in [0, 0.05) is 25.1 Å². The van der Waals surface area contributed by atoms with E-state index in [2.05, 4.69) is 14.8 Å². The predicted molar refractivity (Wildman–Crippen MR) is 72.9 cm³/mol. The van der Waals surface area contributed by atoms with Crippen molar-refractivity contribution < 1.29 is 23.9 Å². The molecule has 1 aromatic carbocycles. The maximum Gasteiger partial charge on any atom is 0.337 e. The maximum atomic E-state index is 11.4. The molecule has 1 amide bonds. The van der Waals surface area contributed by atoms with Crippen molar-refractivity contribution in [3.8, 4) is 0 Å². The Hall–Kier alpha value is -2.63. The van der Waals surface area contributed by atoms with E-state index < -0.39 is 11.9 Å². The average Bonchev–Trinajstić information content (AvgIpc) is 2.38. The van der Waals surface area contributed by atoms with Crippen LogP contribution >= 0.6 is 0 Å². The van der Waals surface area contributed by atoms with Gasteiger partial charge in [-0.25, -0.2) is 4.79 Å². The minimum atomic E-state index is -0.507. The lowest BCUT2D eigenvalue weighted by atomic mass is 10.1. The molecule has 20 heavy (non-hydrogen) atoms. The zero-order chi connectivity index (χ0) is 15.1. The Bertz CT molecular complexity index is 563. The first-order valence-electron chi connectivity index (χ1n) is 5.77. The number of anilines is 1. The molecule has 0 saturated carbocycles. The van der Waals surface area contributed by atoms with Crippen LogP contribution in [0.5, 0.6) is 0 Å². The molecule has 0 atom stereocenters. The summed E-state index contributed by atoms with van der Waals surface area (Å²) in [5.41, 5.74) is 1.32. The molecule has 0 unspecified atom stereocenters. The Morgan fingerprint density at radius 3 is 2.45 bits per heavy atom. The van der Waals surface area contributed by atoms with Gasteiger partial charge in [0.2, 0.25) is 5.91 Å². The van der Waals surface area contributed by atoms with Gasteiger partial charge >= 0.3 is 11.9 Å². The van der Waals surface area contributed by atoms with Gasteiger partial charge in [-0.2, -0.15) is 0 Å². The van der Waals surface area contributed by atoms with Crippen molar-refractivity contribution in [1.82, 2.24) is 0 Å². The number of hydrogen-bond donors (Lipinski definition) is 1. The third-order valence-corrected chi connectivity index (χ3v) is 2.27. The SMILES string of the molecule is COC(=O)c1ccc(/C=C\OC(C)=O)c(NC(C)=O)c1. The van der Waals surface area contributed by atoms with Crippen LogP contribution in [0.25, 0.3) is 6.08 Å². The van der Waals surface area contributed by atoms with Crippen LogP contribution in [0.1, 0.15) is 29.8 Å². The van der Waals surface area contributed by atoms with E-state index in [0.29, 0.717) is 16.8 Å². The molecule has 0 aliphatic rings. The molecule has 0 fully saturated rings. The first-order valence-corrected chi connectivity index (χ1v) is 5.77. The van der Waals surface area contributed by atoms with Crippen LogP contribution in [0.3, 0.4) is 0 Å². The van der Waals surface area contributed by atoms with Crippen LogP contribution in [0.2, 0.25) is 0 Å². The summed E-state index contributed by atoms with van der Waals surface area (Å²) in [7, 11) is 1.27. The van der Waals surface area contributed by atoms with Gasteiger partial charge in [0.05, 0.1) is 18.9 Å². The lowest BCUT2D eigenvalue weighted by Crippen LogP contribution is -2.09. The van der Waals surface area contributed by atoms with Gasteiger partial charge in [-0.1, -0.05) is 6.07 Å². The summed E-state index contributed by atoms with van der Waals surface area (Å²) in [6, 6.07) is 4.64. The summed E-state index contributed by atoms with van der Waals surface area (Å²) in [5.74, 6) is -1.24. The molecular formula is C14H15NO5. The Balaban J connectivity index is 3.09. The van der Waals surface area contributed by atoms with Crippen molar-refractivity contribution in [2.45, 2.75) is 13.8 Å². The number of hydrogen-bond acceptors (Lipinski definition) is 5. The van der Waals surface area contributed by atoms with Crippen molar-refractivity contribution in [2.75, 3.05) is 12.4 Å². The Morgan fingerprint density at radius 2 is 1.90 bits per heavy atom. The molecule has 1 rings (SSSR count). The molecule has 0 saturated heterocycles. The fourth-order valence-electron chi connectivity index (χ4n) is 1.45. The van der Waals surface area contributed by atoms with Crippen LogP contribution < -0.4 is 5.32 Å². The molecule has 0 aliphatic heterocycles. The van der Waals surface area contributed by atoms with Crippen molar-refractivity contribution in [1.29, 1.82) is 0 Å². The van der Waals surface area contributed by atoms with Crippen LogP contribution in [0.4, 0.5) is 5.69 Å². The topological polar surface area (TPSA) is 81.7 Å². The van der Waals surface area contributed by atoms with Crippen molar-refractivity contribution in [3.63, 3.8) is 0 Å². The lowest BCUT2D eigenvalue weighted by Gasteiger charge is -2.08. The van der Waals surface area contributed by atoms with Crippen LogP contribution in [-0.2, 0) is 19.1 Å². The molecule has 6 heteroatoms. The smallest absolute Gasteiger partial charge is 0.337 e. The molecule has 0 heterocycles. The highest BCUT2D eigenvalue weighted by atomic mass is 16.5. The third-order valence-electron chi connectivity index (χ3n) is 2.27. The van der Waals surface area contributed by atoms with Gasteiger partial charge in [-0.05, 0) is 18.2 Å². The second kappa shape index (κ2) is 7.08. The molecule has 0 bridgehead atoms.